The second kappa shape index (κ2) is 7.15. The van der Waals surface area contributed by atoms with Crippen molar-refractivity contribution in [3.8, 4) is 0 Å². The van der Waals surface area contributed by atoms with Crippen LogP contribution in [0.4, 0.5) is 0 Å². The fourth-order valence-electron chi connectivity index (χ4n) is 4.26. The molecule has 2 aliphatic rings. The van der Waals surface area contributed by atoms with Crippen LogP contribution in [0.3, 0.4) is 0 Å². The fourth-order valence-corrected chi connectivity index (χ4v) is 4.26. The van der Waals surface area contributed by atoms with E-state index >= 15 is 0 Å². The van der Waals surface area contributed by atoms with E-state index in [0.717, 1.165) is 44.7 Å². The smallest absolute Gasteiger partial charge is 0.244 e. The highest BCUT2D eigenvalue weighted by molar-refractivity contribution is 5.76. The van der Waals surface area contributed by atoms with Gasteiger partial charge in [-0.25, -0.2) is 0 Å². The highest BCUT2D eigenvalue weighted by atomic mass is 16.5. The highest BCUT2D eigenvalue weighted by Crippen LogP contribution is 2.44. The number of piperidine rings is 1. The molecule has 7 heteroatoms. The minimum Gasteiger partial charge on any atom is -0.384 e. The first-order valence-corrected chi connectivity index (χ1v) is 8.96. The number of nitrogens with zero attached hydrogens (tertiary/aromatic N) is 4. The third kappa shape index (κ3) is 3.71. The molecule has 3 heterocycles. The summed E-state index contributed by atoms with van der Waals surface area (Å²) in [5.41, 5.74) is 1.00. The third-order valence-electron chi connectivity index (χ3n) is 5.81. The van der Waals surface area contributed by atoms with Crippen LogP contribution in [-0.4, -0.2) is 71.3 Å². The monoisotopic (exact) mass is 348 g/mol. The lowest BCUT2D eigenvalue weighted by Gasteiger charge is -2.42. The summed E-state index contributed by atoms with van der Waals surface area (Å²) in [5, 5.41) is 4.29. The zero-order chi connectivity index (χ0) is 18.0. The van der Waals surface area contributed by atoms with Gasteiger partial charge in [0, 0.05) is 52.3 Å². The van der Waals surface area contributed by atoms with Gasteiger partial charge in [0.25, 0.3) is 0 Å². The minimum atomic E-state index is 0.0841. The Bertz CT molecular complexity index is 634. The van der Waals surface area contributed by atoms with Crippen LogP contribution in [0, 0.1) is 18.3 Å². The van der Waals surface area contributed by atoms with Gasteiger partial charge in [0.1, 0.15) is 6.54 Å². The van der Waals surface area contributed by atoms with E-state index in [2.05, 4.69) is 5.10 Å². The van der Waals surface area contributed by atoms with Gasteiger partial charge in [-0.1, -0.05) is 0 Å². The molecule has 1 atom stereocenters. The van der Waals surface area contributed by atoms with Gasteiger partial charge < -0.3 is 14.5 Å². The molecule has 2 fully saturated rings. The van der Waals surface area contributed by atoms with Gasteiger partial charge in [-0.15, -0.1) is 0 Å². The number of ether oxygens (including phenoxy) is 1. The number of aryl methyl sites for hydroxylation is 1. The molecule has 1 spiro atoms. The van der Waals surface area contributed by atoms with Gasteiger partial charge in [-0.3, -0.25) is 14.3 Å². The third-order valence-corrected chi connectivity index (χ3v) is 5.81. The van der Waals surface area contributed by atoms with Crippen molar-refractivity contribution in [3.63, 3.8) is 0 Å². The van der Waals surface area contributed by atoms with Crippen molar-refractivity contribution in [2.75, 3.05) is 39.9 Å². The molecule has 0 aliphatic carbocycles. The maximum Gasteiger partial charge on any atom is 0.244 e. The molecule has 25 heavy (non-hydrogen) atoms. The maximum absolute atomic E-state index is 12.5. The highest BCUT2D eigenvalue weighted by Gasteiger charge is 2.49. The van der Waals surface area contributed by atoms with Gasteiger partial charge in [0.15, 0.2) is 0 Å². The number of likely N-dealkylation sites (tertiary alicyclic amines) is 2. The molecule has 3 rings (SSSR count). The van der Waals surface area contributed by atoms with Crippen molar-refractivity contribution in [2.24, 2.45) is 11.3 Å². The molecule has 0 N–H and O–H groups in total. The quantitative estimate of drug-likeness (QED) is 0.812. The SMILES string of the molecule is COCC1CN(C(C)=O)CC12CCN(C(=O)Cn1ccc(C)n1)CC2. The first-order valence-electron chi connectivity index (χ1n) is 8.96. The molecule has 0 aromatic carbocycles. The van der Waals surface area contributed by atoms with E-state index in [1.54, 1.807) is 18.7 Å². The molecular weight excluding hydrogens is 320 g/mol. The molecule has 0 radical (unpaired) electrons. The van der Waals surface area contributed by atoms with Crippen molar-refractivity contribution in [1.29, 1.82) is 0 Å². The van der Waals surface area contributed by atoms with E-state index in [0.29, 0.717) is 19.1 Å². The van der Waals surface area contributed by atoms with Crippen molar-refractivity contribution < 1.29 is 14.3 Å². The van der Waals surface area contributed by atoms with E-state index in [4.69, 9.17) is 4.74 Å². The Morgan fingerprint density at radius 3 is 2.60 bits per heavy atom. The normalized spacial score (nSPS) is 22.6. The van der Waals surface area contributed by atoms with E-state index < -0.39 is 0 Å². The number of hydrogen-bond donors (Lipinski definition) is 0. The Labute approximate surface area is 148 Å². The van der Waals surface area contributed by atoms with Crippen molar-refractivity contribution in [3.05, 3.63) is 18.0 Å². The summed E-state index contributed by atoms with van der Waals surface area (Å²) in [6.07, 6.45) is 3.69. The molecule has 0 saturated carbocycles. The van der Waals surface area contributed by atoms with Crippen LogP contribution in [-0.2, 0) is 20.9 Å². The zero-order valence-electron chi connectivity index (χ0n) is 15.4. The van der Waals surface area contributed by atoms with E-state index in [9.17, 15) is 9.59 Å². The predicted molar refractivity (Wildman–Crippen MR) is 92.8 cm³/mol. The topological polar surface area (TPSA) is 67.7 Å². The summed E-state index contributed by atoms with van der Waals surface area (Å²) in [6, 6.07) is 1.91. The standard InChI is InChI=1S/C18H28N4O3/c1-14-4-7-22(19-14)11-17(24)20-8-5-18(6-9-20)13-21(15(2)23)10-16(18)12-25-3/h4,7,16H,5-6,8-13H2,1-3H3. The van der Waals surface area contributed by atoms with Crippen LogP contribution < -0.4 is 0 Å². The number of aromatic nitrogens is 2. The first kappa shape index (κ1) is 17.9. The fraction of sp³-hybridized carbons (Fsp3) is 0.722. The van der Waals surface area contributed by atoms with Crippen LogP contribution in [0.5, 0.6) is 0 Å². The second-order valence-corrected chi connectivity index (χ2v) is 7.45. The molecular formula is C18H28N4O3. The number of rotatable bonds is 4. The Hall–Kier alpha value is -1.89. The Balaban J connectivity index is 1.61. The summed E-state index contributed by atoms with van der Waals surface area (Å²) >= 11 is 0. The van der Waals surface area contributed by atoms with Crippen LogP contribution in [0.15, 0.2) is 12.3 Å². The summed E-state index contributed by atoms with van der Waals surface area (Å²) < 4.78 is 7.10. The van der Waals surface area contributed by atoms with Crippen molar-refractivity contribution >= 4 is 11.8 Å². The number of amides is 2. The van der Waals surface area contributed by atoms with Crippen LogP contribution >= 0.6 is 0 Å². The Morgan fingerprint density at radius 2 is 2.04 bits per heavy atom. The largest absolute Gasteiger partial charge is 0.384 e. The van der Waals surface area contributed by atoms with Crippen LogP contribution in [0.1, 0.15) is 25.5 Å². The van der Waals surface area contributed by atoms with Gasteiger partial charge >= 0.3 is 0 Å². The Morgan fingerprint density at radius 1 is 1.32 bits per heavy atom. The van der Waals surface area contributed by atoms with Gasteiger partial charge in [-0.05, 0) is 31.2 Å². The summed E-state index contributed by atoms with van der Waals surface area (Å²) in [7, 11) is 1.72. The number of carbonyl (C=O) groups is 2. The maximum atomic E-state index is 12.5. The molecule has 0 bridgehead atoms. The summed E-state index contributed by atoms with van der Waals surface area (Å²) in [4.78, 5) is 28.2. The molecule has 138 valence electrons. The molecule has 2 aliphatic heterocycles. The van der Waals surface area contributed by atoms with Crippen LogP contribution in [0.25, 0.3) is 0 Å². The second-order valence-electron chi connectivity index (χ2n) is 7.45. The molecule has 1 unspecified atom stereocenters. The first-order chi connectivity index (χ1) is 11.9. The van der Waals surface area contributed by atoms with Gasteiger partial charge in [-0.2, -0.15) is 5.10 Å². The van der Waals surface area contributed by atoms with E-state index in [1.165, 1.54) is 0 Å². The van der Waals surface area contributed by atoms with Crippen molar-refractivity contribution in [1.82, 2.24) is 19.6 Å². The minimum absolute atomic E-state index is 0.0841. The average Bonchev–Trinajstić information content (AvgIpc) is 3.13. The Kier molecular flexibility index (Phi) is 5.13. The summed E-state index contributed by atoms with van der Waals surface area (Å²) in [6.45, 7) is 7.55. The summed E-state index contributed by atoms with van der Waals surface area (Å²) in [5.74, 6) is 0.598. The predicted octanol–water partition coefficient (Wildman–Crippen LogP) is 0.925. The van der Waals surface area contributed by atoms with E-state index in [-0.39, 0.29) is 17.2 Å². The van der Waals surface area contributed by atoms with Crippen molar-refractivity contribution in [2.45, 2.75) is 33.2 Å². The van der Waals surface area contributed by atoms with E-state index in [1.807, 2.05) is 29.0 Å². The molecule has 7 nitrogen and oxygen atoms in total. The van der Waals surface area contributed by atoms with Gasteiger partial charge in [0.05, 0.1) is 12.3 Å². The molecule has 2 saturated heterocycles. The van der Waals surface area contributed by atoms with Gasteiger partial charge in [0.2, 0.25) is 11.8 Å². The lowest BCUT2D eigenvalue weighted by molar-refractivity contribution is -0.135. The number of hydrogen-bond acceptors (Lipinski definition) is 4. The lowest BCUT2D eigenvalue weighted by Crippen LogP contribution is -2.48. The number of methoxy groups -OCH3 is 1. The molecule has 1 aromatic rings. The zero-order valence-corrected chi connectivity index (χ0v) is 15.4. The van der Waals surface area contributed by atoms with Crippen LogP contribution in [0.2, 0.25) is 0 Å². The average molecular weight is 348 g/mol. The number of carbonyl (C=O) groups excluding carboxylic acids is 2. The molecule has 1 aromatic heterocycles. The lowest BCUT2D eigenvalue weighted by atomic mass is 9.71. The molecule has 2 amide bonds.